The lowest BCUT2D eigenvalue weighted by Crippen LogP contribution is -2.35. The molecule has 2 N–H and O–H groups in total. The first-order chi connectivity index (χ1) is 13.9. The molecule has 0 saturated heterocycles. The molecule has 0 fully saturated rings. The Labute approximate surface area is 180 Å². The molecule has 7 nitrogen and oxygen atoms in total. The Balaban J connectivity index is 1.45. The summed E-state index contributed by atoms with van der Waals surface area (Å²) in [6.07, 6.45) is 1.57. The van der Waals surface area contributed by atoms with Crippen molar-refractivity contribution >= 4 is 50.2 Å². The number of nitrogens with zero attached hydrogens (tertiary/aromatic N) is 2. The number of rotatable bonds is 7. The van der Waals surface area contributed by atoms with Crippen molar-refractivity contribution in [2.45, 2.75) is 13.0 Å². The zero-order valence-corrected chi connectivity index (χ0v) is 17.7. The van der Waals surface area contributed by atoms with Crippen LogP contribution in [0.5, 0.6) is 0 Å². The van der Waals surface area contributed by atoms with Crippen LogP contribution >= 0.6 is 27.5 Å². The number of hydrogen-bond donors (Lipinski definition) is 2. The van der Waals surface area contributed by atoms with Gasteiger partial charge in [-0.15, -0.1) is 0 Å². The molecule has 0 aliphatic heterocycles. The number of carbonyl (C=O) groups is 2. The van der Waals surface area contributed by atoms with Crippen molar-refractivity contribution in [2.75, 3.05) is 13.1 Å². The molecule has 0 unspecified atom stereocenters. The second-order valence-corrected chi connectivity index (χ2v) is 7.62. The third-order valence-electron chi connectivity index (χ3n) is 4.20. The van der Waals surface area contributed by atoms with Crippen LogP contribution in [0.3, 0.4) is 0 Å². The second-order valence-electron chi connectivity index (χ2n) is 6.27. The maximum atomic E-state index is 12.5. The zero-order valence-electron chi connectivity index (χ0n) is 15.3. The first-order valence-corrected chi connectivity index (χ1v) is 10.1. The highest BCUT2D eigenvalue weighted by molar-refractivity contribution is 9.10. The Kier molecular flexibility index (Phi) is 7.00. The van der Waals surface area contributed by atoms with Crippen LogP contribution in [0.2, 0.25) is 5.02 Å². The first-order valence-electron chi connectivity index (χ1n) is 8.89. The van der Waals surface area contributed by atoms with Crippen molar-refractivity contribution in [3.05, 3.63) is 74.2 Å². The maximum absolute atomic E-state index is 12.5. The Morgan fingerprint density at radius 2 is 1.79 bits per heavy atom. The normalized spacial score (nSPS) is 10.7. The van der Waals surface area contributed by atoms with Gasteiger partial charge in [-0.1, -0.05) is 27.5 Å². The van der Waals surface area contributed by atoms with Crippen LogP contribution in [0.1, 0.15) is 16.8 Å². The van der Waals surface area contributed by atoms with E-state index in [9.17, 15) is 14.4 Å². The van der Waals surface area contributed by atoms with E-state index in [-0.39, 0.29) is 36.9 Å². The minimum atomic E-state index is -0.240. The lowest BCUT2D eigenvalue weighted by Gasteiger charge is -2.09. The zero-order chi connectivity index (χ0) is 20.8. The molecule has 3 rings (SSSR count). The summed E-state index contributed by atoms with van der Waals surface area (Å²) in [4.78, 5) is 40.7. The summed E-state index contributed by atoms with van der Waals surface area (Å²) in [6, 6.07) is 11.8. The lowest BCUT2D eigenvalue weighted by molar-refractivity contribution is -0.121. The van der Waals surface area contributed by atoms with Crippen LogP contribution in [0.25, 0.3) is 10.9 Å². The van der Waals surface area contributed by atoms with Crippen molar-refractivity contribution in [2.24, 2.45) is 0 Å². The molecule has 0 radical (unpaired) electrons. The summed E-state index contributed by atoms with van der Waals surface area (Å²) in [7, 11) is 0. The molecule has 29 heavy (non-hydrogen) atoms. The molecular formula is C20H18BrClN4O3. The number of aromatic nitrogens is 2. The molecule has 150 valence electrons. The highest BCUT2D eigenvalue weighted by Gasteiger charge is 2.08. The number of hydrogen-bond acceptors (Lipinski definition) is 4. The number of aryl methyl sites for hydroxylation is 1. The number of fused-ring (bicyclic) bond motifs is 1. The number of carbonyl (C=O) groups excluding carboxylic acids is 2. The van der Waals surface area contributed by atoms with E-state index in [1.165, 1.54) is 10.9 Å². The largest absolute Gasteiger partial charge is 0.354 e. The minimum Gasteiger partial charge on any atom is -0.354 e. The van der Waals surface area contributed by atoms with Crippen LogP contribution in [0.4, 0.5) is 0 Å². The van der Waals surface area contributed by atoms with E-state index in [4.69, 9.17) is 11.6 Å². The van der Waals surface area contributed by atoms with Gasteiger partial charge < -0.3 is 10.6 Å². The summed E-state index contributed by atoms with van der Waals surface area (Å²) < 4.78 is 2.21. The van der Waals surface area contributed by atoms with Crippen molar-refractivity contribution in [1.29, 1.82) is 0 Å². The molecule has 9 heteroatoms. The first kappa shape index (κ1) is 21.0. The van der Waals surface area contributed by atoms with E-state index in [1.807, 2.05) is 6.07 Å². The lowest BCUT2D eigenvalue weighted by atomic mass is 10.2. The van der Waals surface area contributed by atoms with Crippen molar-refractivity contribution in [3.63, 3.8) is 0 Å². The van der Waals surface area contributed by atoms with Gasteiger partial charge in [-0.3, -0.25) is 19.0 Å². The van der Waals surface area contributed by atoms with E-state index in [2.05, 4.69) is 31.5 Å². The predicted molar refractivity (Wildman–Crippen MR) is 115 cm³/mol. The topological polar surface area (TPSA) is 93.1 Å². The number of halogens is 2. The van der Waals surface area contributed by atoms with Crippen LogP contribution in [0, 0.1) is 0 Å². The number of nitrogens with one attached hydrogen (secondary N) is 2. The van der Waals surface area contributed by atoms with Crippen molar-refractivity contribution < 1.29 is 9.59 Å². The van der Waals surface area contributed by atoms with Gasteiger partial charge in [0, 0.05) is 41.1 Å². The molecule has 0 bridgehead atoms. The summed E-state index contributed by atoms with van der Waals surface area (Å²) in [5, 5.41) is 6.48. The molecule has 1 heterocycles. The van der Waals surface area contributed by atoms with E-state index < -0.39 is 0 Å². The van der Waals surface area contributed by atoms with E-state index in [0.29, 0.717) is 28.0 Å². The summed E-state index contributed by atoms with van der Waals surface area (Å²) >= 11 is 9.13. The van der Waals surface area contributed by atoms with Gasteiger partial charge in [0.15, 0.2) is 0 Å². The highest BCUT2D eigenvalue weighted by Crippen LogP contribution is 2.14. The second kappa shape index (κ2) is 9.67. The minimum absolute atomic E-state index is 0.131. The van der Waals surface area contributed by atoms with Gasteiger partial charge in [0.05, 0.1) is 17.2 Å². The Bertz CT molecular complexity index is 1100. The smallest absolute Gasteiger partial charge is 0.261 e. The summed E-state index contributed by atoms with van der Waals surface area (Å²) in [6.45, 7) is 0.798. The summed E-state index contributed by atoms with van der Waals surface area (Å²) in [5.74, 6) is -0.456. The maximum Gasteiger partial charge on any atom is 0.261 e. The quantitative estimate of drug-likeness (QED) is 0.512. The number of amides is 2. The van der Waals surface area contributed by atoms with Gasteiger partial charge >= 0.3 is 0 Å². The van der Waals surface area contributed by atoms with Crippen LogP contribution in [0.15, 0.2) is 58.1 Å². The average Bonchev–Trinajstić information content (AvgIpc) is 2.71. The molecule has 0 aliphatic rings. The third-order valence-corrected chi connectivity index (χ3v) is 4.95. The monoisotopic (exact) mass is 476 g/mol. The SMILES string of the molecule is O=C(CCn1cnc2ccc(Br)cc2c1=O)NCCNC(=O)c1ccc(Cl)cc1. The third kappa shape index (κ3) is 5.65. The molecule has 3 aromatic rings. The fourth-order valence-electron chi connectivity index (χ4n) is 2.68. The molecule has 2 aromatic carbocycles. The molecule has 0 atom stereocenters. The van der Waals surface area contributed by atoms with Crippen LogP contribution in [-0.2, 0) is 11.3 Å². The fourth-order valence-corrected chi connectivity index (χ4v) is 3.17. The van der Waals surface area contributed by atoms with Crippen molar-refractivity contribution in [1.82, 2.24) is 20.2 Å². The van der Waals surface area contributed by atoms with E-state index in [0.717, 1.165) is 4.47 Å². The molecule has 0 saturated carbocycles. The standard InChI is InChI=1S/C20H18BrClN4O3/c21-14-3-6-17-16(11-14)20(29)26(12-25-17)10-7-18(27)23-8-9-24-19(28)13-1-4-15(22)5-2-13/h1-6,11-12H,7-10H2,(H,23,27)(H,24,28). The van der Waals surface area contributed by atoms with E-state index in [1.54, 1.807) is 36.4 Å². The molecule has 0 spiro atoms. The fraction of sp³-hybridized carbons (Fsp3) is 0.200. The molecule has 2 amide bonds. The van der Waals surface area contributed by atoms with E-state index >= 15 is 0 Å². The van der Waals surface area contributed by atoms with Gasteiger partial charge in [0.1, 0.15) is 0 Å². The Hall–Kier alpha value is -2.71. The Morgan fingerprint density at radius 3 is 2.55 bits per heavy atom. The van der Waals surface area contributed by atoms with Gasteiger partial charge in [-0.05, 0) is 42.5 Å². The molecule has 0 aliphatic carbocycles. The van der Waals surface area contributed by atoms with Gasteiger partial charge in [0.2, 0.25) is 5.91 Å². The highest BCUT2D eigenvalue weighted by atomic mass is 79.9. The van der Waals surface area contributed by atoms with Gasteiger partial charge in [-0.2, -0.15) is 0 Å². The number of benzene rings is 2. The summed E-state index contributed by atoms with van der Waals surface area (Å²) in [5.41, 5.74) is 0.908. The van der Waals surface area contributed by atoms with Gasteiger partial charge in [0.25, 0.3) is 11.5 Å². The van der Waals surface area contributed by atoms with Crippen LogP contribution < -0.4 is 16.2 Å². The van der Waals surface area contributed by atoms with Crippen molar-refractivity contribution in [3.8, 4) is 0 Å². The Morgan fingerprint density at radius 1 is 1.07 bits per heavy atom. The molecule has 1 aromatic heterocycles. The molecular weight excluding hydrogens is 460 g/mol. The van der Waals surface area contributed by atoms with Crippen LogP contribution in [-0.4, -0.2) is 34.5 Å². The van der Waals surface area contributed by atoms with Gasteiger partial charge in [-0.25, -0.2) is 4.98 Å². The average molecular weight is 478 g/mol. The predicted octanol–water partition coefficient (Wildman–Crippen LogP) is 2.75.